The van der Waals surface area contributed by atoms with Crippen molar-refractivity contribution in [1.82, 2.24) is 0 Å². The van der Waals surface area contributed by atoms with Crippen molar-refractivity contribution < 1.29 is 28.6 Å². The first kappa shape index (κ1) is 56.1. The lowest BCUT2D eigenvalue weighted by Crippen LogP contribution is -2.30. The molecule has 0 radical (unpaired) electrons. The third kappa shape index (κ3) is 45.2. The van der Waals surface area contributed by atoms with E-state index >= 15 is 0 Å². The molecule has 0 aliphatic carbocycles. The Labute approximate surface area is 360 Å². The van der Waals surface area contributed by atoms with E-state index in [9.17, 15) is 14.4 Å². The molecule has 0 saturated heterocycles. The summed E-state index contributed by atoms with van der Waals surface area (Å²) in [6.07, 6.45) is 52.3. The summed E-state index contributed by atoms with van der Waals surface area (Å²) in [5, 5.41) is 0. The Bertz CT molecular complexity index is 900. The minimum Gasteiger partial charge on any atom is -0.462 e. The van der Waals surface area contributed by atoms with Crippen LogP contribution in [0, 0.1) is 0 Å². The fourth-order valence-electron chi connectivity index (χ4n) is 7.61. The van der Waals surface area contributed by atoms with Gasteiger partial charge in [-0.2, -0.15) is 0 Å². The van der Waals surface area contributed by atoms with Crippen LogP contribution in [0.4, 0.5) is 0 Å². The first-order valence-electron chi connectivity index (χ1n) is 25.7. The van der Waals surface area contributed by atoms with Gasteiger partial charge in [-0.05, 0) is 44.9 Å². The Balaban J connectivity index is 4.08. The van der Waals surface area contributed by atoms with Crippen LogP contribution in [0.3, 0.4) is 0 Å². The highest BCUT2D eigenvalue weighted by Gasteiger charge is 2.19. The number of ether oxygens (including phenoxy) is 3. The normalized spacial score (nSPS) is 12.0. The van der Waals surface area contributed by atoms with Gasteiger partial charge >= 0.3 is 17.9 Å². The lowest BCUT2D eigenvalue weighted by Gasteiger charge is -2.18. The van der Waals surface area contributed by atoms with E-state index in [0.717, 1.165) is 64.2 Å². The molecule has 0 heterocycles. The van der Waals surface area contributed by atoms with Crippen molar-refractivity contribution in [2.45, 2.75) is 290 Å². The minimum absolute atomic E-state index is 0.0693. The summed E-state index contributed by atoms with van der Waals surface area (Å²) in [6.45, 7) is 6.58. The Kier molecular flexibility index (Phi) is 46.3. The zero-order valence-electron chi connectivity index (χ0n) is 39.1. The molecule has 58 heavy (non-hydrogen) atoms. The predicted molar refractivity (Wildman–Crippen MR) is 247 cm³/mol. The number of hydrogen-bond donors (Lipinski definition) is 0. The van der Waals surface area contributed by atoms with Crippen molar-refractivity contribution in [3.05, 3.63) is 12.2 Å². The molecule has 0 amide bonds. The van der Waals surface area contributed by atoms with Gasteiger partial charge in [-0.25, -0.2) is 0 Å². The van der Waals surface area contributed by atoms with Crippen molar-refractivity contribution in [3.63, 3.8) is 0 Å². The second-order valence-electron chi connectivity index (χ2n) is 17.4. The van der Waals surface area contributed by atoms with E-state index in [1.165, 1.54) is 180 Å². The van der Waals surface area contributed by atoms with Crippen LogP contribution >= 0.6 is 0 Å². The molecule has 0 aromatic heterocycles. The van der Waals surface area contributed by atoms with Crippen LogP contribution in [-0.2, 0) is 28.6 Å². The molecule has 6 heteroatoms. The average Bonchev–Trinajstić information content (AvgIpc) is 3.22. The van der Waals surface area contributed by atoms with E-state index in [2.05, 4.69) is 32.9 Å². The molecule has 1 unspecified atom stereocenters. The number of carbonyl (C=O) groups is 3. The van der Waals surface area contributed by atoms with Gasteiger partial charge in [0.1, 0.15) is 13.2 Å². The van der Waals surface area contributed by atoms with Crippen LogP contribution in [0.1, 0.15) is 284 Å². The van der Waals surface area contributed by atoms with Crippen LogP contribution < -0.4 is 0 Å². The maximum absolute atomic E-state index is 12.7. The zero-order chi connectivity index (χ0) is 42.3. The summed E-state index contributed by atoms with van der Waals surface area (Å²) in [5.74, 6) is -0.875. The summed E-state index contributed by atoms with van der Waals surface area (Å²) in [6, 6.07) is 0. The Morgan fingerprint density at radius 1 is 0.328 bits per heavy atom. The van der Waals surface area contributed by atoms with Crippen LogP contribution in [0.5, 0.6) is 0 Å². The maximum atomic E-state index is 12.7. The quantitative estimate of drug-likeness (QED) is 0.0263. The van der Waals surface area contributed by atoms with Crippen molar-refractivity contribution in [1.29, 1.82) is 0 Å². The SMILES string of the molecule is CCCCC/C=C\CCCCCCCC(=O)OC(COC(=O)CCCCCCCC)COC(=O)CCCCCCCCCCCCCCCCCCCCCCCC. The van der Waals surface area contributed by atoms with E-state index in [1.54, 1.807) is 0 Å². The first-order valence-corrected chi connectivity index (χ1v) is 25.7. The van der Waals surface area contributed by atoms with Gasteiger partial charge in [0, 0.05) is 19.3 Å². The Morgan fingerprint density at radius 2 is 0.569 bits per heavy atom. The second-order valence-corrected chi connectivity index (χ2v) is 17.4. The highest BCUT2D eigenvalue weighted by Crippen LogP contribution is 2.16. The van der Waals surface area contributed by atoms with E-state index in [4.69, 9.17) is 14.2 Å². The predicted octanol–water partition coefficient (Wildman–Crippen LogP) is 16.6. The maximum Gasteiger partial charge on any atom is 0.306 e. The molecule has 0 aliphatic rings. The molecule has 0 aromatic carbocycles. The number of rotatable bonds is 47. The van der Waals surface area contributed by atoms with Gasteiger partial charge in [0.2, 0.25) is 0 Å². The van der Waals surface area contributed by atoms with Gasteiger partial charge in [-0.3, -0.25) is 14.4 Å². The topological polar surface area (TPSA) is 78.9 Å². The summed E-state index contributed by atoms with van der Waals surface area (Å²) >= 11 is 0. The van der Waals surface area contributed by atoms with E-state index < -0.39 is 6.10 Å². The first-order chi connectivity index (χ1) is 28.5. The number of esters is 3. The van der Waals surface area contributed by atoms with Crippen LogP contribution in [-0.4, -0.2) is 37.2 Å². The third-order valence-corrected chi connectivity index (χ3v) is 11.5. The van der Waals surface area contributed by atoms with E-state index in [-0.39, 0.29) is 31.1 Å². The molecule has 0 bridgehead atoms. The molecule has 6 nitrogen and oxygen atoms in total. The lowest BCUT2D eigenvalue weighted by molar-refractivity contribution is -0.167. The van der Waals surface area contributed by atoms with Crippen molar-refractivity contribution in [2.75, 3.05) is 13.2 Å². The Morgan fingerprint density at radius 3 is 0.897 bits per heavy atom. The molecular weight excluding hydrogens is 721 g/mol. The van der Waals surface area contributed by atoms with Gasteiger partial charge < -0.3 is 14.2 Å². The van der Waals surface area contributed by atoms with Crippen molar-refractivity contribution >= 4 is 17.9 Å². The van der Waals surface area contributed by atoms with E-state index in [1.807, 2.05) is 0 Å². The van der Waals surface area contributed by atoms with Crippen molar-refractivity contribution in [2.24, 2.45) is 0 Å². The molecule has 0 spiro atoms. The molecule has 0 N–H and O–H groups in total. The van der Waals surface area contributed by atoms with Gasteiger partial charge in [0.25, 0.3) is 0 Å². The van der Waals surface area contributed by atoms with Crippen molar-refractivity contribution in [3.8, 4) is 0 Å². The van der Waals surface area contributed by atoms with Gasteiger partial charge in [0.05, 0.1) is 0 Å². The zero-order valence-corrected chi connectivity index (χ0v) is 39.1. The number of allylic oxidation sites excluding steroid dienone is 2. The molecule has 0 rings (SSSR count). The molecule has 0 aliphatic heterocycles. The average molecular weight is 819 g/mol. The molecule has 0 fully saturated rings. The van der Waals surface area contributed by atoms with Crippen LogP contribution in [0.25, 0.3) is 0 Å². The molecule has 1 atom stereocenters. The number of hydrogen-bond acceptors (Lipinski definition) is 6. The minimum atomic E-state index is -0.765. The standard InChI is InChI=1S/C52H98O6/c1-4-7-10-13-16-18-20-22-23-24-25-26-27-28-29-30-31-33-34-36-39-42-45-51(54)57-48-49(47-56-50(53)44-41-38-15-12-9-6-3)58-52(55)46-43-40-37-35-32-21-19-17-14-11-8-5-2/h17,19,49H,4-16,18,20-48H2,1-3H3/b19-17-. The summed E-state index contributed by atoms with van der Waals surface area (Å²) < 4.78 is 16.7. The summed E-state index contributed by atoms with van der Waals surface area (Å²) in [5.41, 5.74) is 0. The Hall–Kier alpha value is -1.85. The van der Waals surface area contributed by atoms with Gasteiger partial charge in [0.15, 0.2) is 6.10 Å². The summed E-state index contributed by atoms with van der Waals surface area (Å²) in [4.78, 5) is 37.6. The van der Waals surface area contributed by atoms with Gasteiger partial charge in [-0.15, -0.1) is 0 Å². The lowest BCUT2D eigenvalue weighted by atomic mass is 10.0. The van der Waals surface area contributed by atoms with Gasteiger partial charge in [-0.1, -0.05) is 232 Å². The largest absolute Gasteiger partial charge is 0.462 e. The highest BCUT2D eigenvalue weighted by molar-refractivity contribution is 5.71. The molecular formula is C52H98O6. The number of carbonyl (C=O) groups excluding carboxylic acids is 3. The molecule has 342 valence electrons. The molecule has 0 aromatic rings. The fourth-order valence-corrected chi connectivity index (χ4v) is 7.61. The number of unbranched alkanes of at least 4 members (excludes halogenated alkanes) is 34. The third-order valence-electron chi connectivity index (χ3n) is 11.5. The molecule has 0 saturated carbocycles. The van der Waals surface area contributed by atoms with Crippen LogP contribution in [0.2, 0.25) is 0 Å². The summed E-state index contributed by atoms with van der Waals surface area (Å²) in [7, 11) is 0. The monoisotopic (exact) mass is 819 g/mol. The second kappa shape index (κ2) is 47.8. The fraction of sp³-hybridized carbons (Fsp3) is 0.904. The van der Waals surface area contributed by atoms with E-state index in [0.29, 0.717) is 19.3 Å². The highest BCUT2D eigenvalue weighted by atomic mass is 16.6. The van der Waals surface area contributed by atoms with Crippen LogP contribution in [0.15, 0.2) is 12.2 Å². The smallest absolute Gasteiger partial charge is 0.306 e.